The van der Waals surface area contributed by atoms with Crippen LogP contribution < -0.4 is 29.7 Å². The molecular formula is C63H175INO11SSi6-3. The molecule has 0 saturated heterocycles. The topological polar surface area (TPSA) is 190 Å². The minimum atomic E-state index is -2.16. The van der Waals surface area contributed by atoms with Gasteiger partial charge < -0.3 is 80.9 Å². The van der Waals surface area contributed by atoms with Crippen molar-refractivity contribution in [1.29, 1.82) is 0 Å². The third-order valence-corrected chi connectivity index (χ3v) is 35.0. The van der Waals surface area contributed by atoms with E-state index in [0.717, 1.165) is 30.5 Å². The first-order valence-electron chi connectivity index (χ1n) is 27.4. The summed E-state index contributed by atoms with van der Waals surface area (Å²) in [6.45, 7) is 31.8. The summed E-state index contributed by atoms with van der Waals surface area (Å²) >= 11 is 0. The Hall–Kier alpha value is 1.90. The van der Waals surface area contributed by atoms with Crippen LogP contribution in [0.25, 0.3) is 0 Å². The average molecular weight is 1450 g/mol. The smallest absolute Gasteiger partial charge is 0.325 e. The van der Waals surface area contributed by atoms with E-state index in [9.17, 15) is 0 Å². The molecule has 5 atom stereocenters. The van der Waals surface area contributed by atoms with Crippen molar-refractivity contribution < 1.29 is 75.2 Å². The van der Waals surface area contributed by atoms with Crippen molar-refractivity contribution in [2.24, 2.45) is 11.7 Å². The van der Waals surface area contributed by atoms with Crippen molar-refractivity contribution in [2.45, 2.75) is 348 Å². The number of nitrogens with two attached hydrogens (primary N) is 1. The van der Waals surface area contributed by atoms with E-state index in [4.69, 9.17) is 40.5 Å². The Morgan fingerprint density at radius 2 is 0.639 bits per heavy atom. The van der Waals surface area contributed by atoms with Crippen LogP contribution in [0.5, 0.6) is 0 Å². The molecule has 0 aromatic carbocycles. The van der Waals surface area contributed by atoms with Gasteiger partial charge in [-0.15, -0.1) is 0 Å². The minimum Gasteiger partial charge on any atom is -1.00 e. The molecule has 83 heavy (non-hydrogen) atoms. The normalized spacial score (nSPS) is 12.7. The number of hydrogen-bond acceptors (Lipinski definition) is 12. The molecule has 12 nitrogen and oxygen atoms in total. The zero-order chi connectivity index (χ0) is 52.3. The van der Waals surface area contributed by atoms with Crippen LogP contribution >= 0.6 is 0 Å². The van der Waals surface area contributed by atoms with Crippen LogP contribution in [0.4, 0.5) is 0 Å². The van der Waals surface area contributed by atoms with Gasteiger partial charge in [-0.1, -0.05) is 233 Å². The van der Waals surface area contributed by atoms with Gasteiger partial charge in [0.15, 0.2) is 16.6 Å². The van der Waals surface area contributed by atoms with E-state index < -0.39 is 50.9 Å². The molecule has 0 bridgehead atoms. The summed E-state index contributed by atoms with van der Waals surface area (Å²) in [6, 6.07) is 5.69. The van der Waals surface area contributed by atoms with Crippen LogP contribution in [-0.4, -0.2) is 134 Å². The van der Waals surface area contributed by atoms with Crippen molar-refractivity contribution >= 4 is 61.8 Å². The summed E-state index contributed by atoms with van der Waals surface area (Å²) < 4.78 is 46.1. The molecule has 0 rings (SSSR count). The maximum Gasteiger partial charge on any atom is 0.325 e. The molecule has 0 aliphatic carbocycles. The number of rotatable bonds is 41. The summed E-state index contributed by atoms with van der Waals surface area (Å²) in [5.41, 5.74) is 5.67. The molecule has 0 aliphatic heterocycles. The molecule has 0 amide bonds. The lowest BCUT2D eigenvalue weighted by molar-refractivity contribution is -0.0000330. The van der Waals surface area contributed by atoms with Crippen molar-refractivity contribution in [3.05, 3.63) is 0 Å². The highest BCUT2D eigenvalue weighted by Gasteiger charge is 2.41. The van der Waals surface area contributed by atoms with E-state index in [1.165, 1.54) is 152 Å². The van der Waals surface area contributed by atoms with E-state index >= 15 is 0 Å². The summed E-state index contributed by atoms with van der Waals surface area (Å²) in [7, 11) is 0.706. The zero-order valence-corrected chi connectivity index (χ0v) is 60.0. The number of halogens is 1. The van der Waals surface area contributed by atoms with Gasteiger partial charge >= 0.3 is 34.2 Å². The lowest BCUT2D eigenvalue weighted by Crippen LogP contribution is -3.00. The molecule has 5 N–H and O–H groups in total. The molecule has 5 unspecified atom stereocenters. The Bertz CT molecular complexity index is 1080. The lowest BCUT2D eigenvalue weighted by Gasteiger charge is -2.35. The molecule has 0 spiro atoms. The van der Waals surface area contributed by atoms with Crippen molar-refractivity contribution in [3.63, 3.8) is 0 Å². The van der Waals surface area contributed by atoms with Gasteiger partial charge in [0.25, 0.3) is 0 Å². The highest BCUT2D eigenvalue weighted by atomic mass is 127. The van der Waals surface area contributed by atoms with Crippen LogP contribution in [0.2, 0.25) is 89.1 Å². The van der Waals surface area contributed by atoms with Gasteiger partial charge in [-0.3, -0.25) is 0 Å². The van der Waals surface area contributed by atoms with Gasteiger partial charge in [0.2, 0.25) is 0 Å². The Morgan fingerprint density at radius 3 is 0.988 bits per heavy atom. The van der Waals surface area contributed by atoms with E-state index in [0.29, 0.717) is 17.4 Å². The zero-order valence-electron chi connectivity index (χ0n) is 51.1. The summed E-state index contributed by atoms with van der Waals surface area (Å²) in [5.74, 6) is 3.69. The van der Waals surface area contributed by atoms with Crippen molar-refractivity contribution in [3.8, 4) is 0 Å². The van der Waals surface area contributed by atoms with E-state index in [2.05, 4.69) is 99.8 Å². The van der Waals surface area contributed by atoms with E-state index in [-0.39, 0.29) is 130 Å². The van der Waals surface area contributed by atoms with Crippen LogP contribution in [-0.2, 0) is 45.7 Å². The summed E-state index contributed by atoms with van der Waals surface area (Å²) in [5, 5.41) is 0. The highest BCUT2D eigenvalue weighted by molar-refractivity contribution is 7.96. The van der Waals surface area contributed by atoms with Gasteiger partial charge in [0.1, 0.15) is 11.5 Å². The largest absolute Gasteiger partial charge is 1.00 e. The Balaban J connectivity index is -0.0000000349. The molecule has 0 saturated carbocycles. The molecule has 0 aliphatic rings. The second kappa shape index (κ2) is 88.1. The SMILES string of the molecule is C.C.C.C.C.C.C.C.C.C.C.C.CCCCCCCCC(C)CCC[Si](C)(OC)O[Si](C)(CCCN)OC.CCCCCCCC[S+](C)CCC[Si](C)(C)OC.CCCC[Si](C)(C)OC.CCCC[Si](C)(OC)O[Si](C)(C)OC.[I-].[OH-].[OH-].[OH-]. The predicted octanol–water partition coefficient (Wildman–Crippen LogP) is 20.4. The molecular weight excluding hydrogens is 1270 g/mol. The summed E-state index contributed by atoms with van der Waals surface area (Å²) in [6.07, 6.45) is 30.5. The Labute approximate surface area is 559 Å². The second-order valence-corrected chi connectivity index (χ2v) is 47.1. The fourth-order valence-corrected chi connectivity index (χ4v) is 25.6. The molecule has 0 aromatic heterocycles. The van der Waals surface area contributed by atoms with E-state index in [1.807, 2.05) is 14.2 Å². The highest BCUT2D eigenvalue weighted by Crippen LogP contribution is 2.28. The van der Waals surface area contributed by atoms with Gasteiger partial charge in [-0.05, 0) is 138 Å². The van der Waals surface area contributed by atoms with Crippen molar-refractivity contribution in [2.75, 3.05) is 67.0 Å². The van der Waals surface area contributed by atoms with Gasteiger partial charge in [-0.25, -0.2) is 0 Å². The second-order valence-electron chi connectivity index (χ2n) is 21.5. The average Bonchev–Trinajstić information content (AvgIpc) is 3.29. The first-order chi connectivity index (χ1) is 31.4. The van der Waals surface area contributed by atoms with Crippen LogP contribution in [0.3, 0.4) is 0 Å². The quantitative estimate of drug-likeness (QED) is 0.0264. The maximum absolute atomic E-state index is 6.52. The minimum absolute atomic E-state index is 0. The van der Waals surface area contributed by atoms with E-state index in [1.54, 1.807) is 28.4 Å². The molecule has 0 aromatic rings. The summed E-state index contributed by atoms with van der Waals surface area (Å²) in [4.78, 5) is 0. The van der Waals surface area contributed by atoms with Gasteiger partial charge in [-0.2, -0.15) is 0 Å². The Morgan fingerprint density at radius 1 is 0.349 bits per heavy atom. The third kappa shape index (κ3) is 95.2. The van der Waals surface area contributed by atoms with Crippen LogP contribution in [0.15, 0.2) is 0 Å². The molecule has 538 valence electrons. The van der Waals surface area contributed by atoms with Gasteiger partial charge in [0, 0.05) is 42.7 Å². The molecule has 20 heteroatoms. The monoisotopic (exact) mass is 1450 g/mol. The fourth-order valence-electron chi connectivity index (χ4n) is 7.49. The first kappa shape index (κ1) is 142. The lowest BCUT2D eigenvalue weighted by atomic mass is 9.98. The molecule has 0 fully saturated rings. The maximum atomic E-state index is 6.52. The van der Waals surface area contributed by atoms with Crippen molar-refractivity contribution in [1.82, 2.24) is 0 Å². The Kier molecular flexibility index (Phi) is 151. The fraction of sp³-hybridized carbons (Fsp3) is 1.00. The third-order valence-electron chi connectivity index (χ3n) is 13.2. The van der Waals surface area contributed by atoms with Crippen LogP contribution in [0.1, 0.15) is 259 Å². The standard InChI is InChI=1S/C20H47NO3Si2.C15H35OSSi.C9H24O3Si2.C7H18OSi.12CH4.HI.3H2O/c1-7-8-9-10-11-12-15-20(2)16-13-18-25(5,22-3)24-26(6,23-4)19-14-17-21;1-6-7-8-9-10-11-13-17(3)14-12-15-18(4,5)16-2;1-7-8-9-14(6,11-3)12-13(4,5)10-2;1-5-6-7-9(3,4)8-2;;;;;;;;;;;;;;;;/h20H,7-19,21H2,1-6H3;6-15H2,1-5H3;7-9H2,1-6H3;5-7H2,1-4H3;12*1H4;1H;3*1H2/q;+1;;;;;;;;;;;;;;;;;;/p-4. The molecule has 0 radical (unpaired) electrons. The first-order valence-corrected chi connectivity index (χ1v) is 46.0. The molecule has 0 heterocycles. The number of unbranched alkanes of at least 4 members (excludes halogenated alkanes) is 12. The number of hydrogen-bond donors (Lipinski definition) is 1. The van der Waals surface area contributed by atoms with Gasteiger partial charge in [0.05, 0.1) is 6.26 Å². The van der Waals surface area contributed by atoms with Crippen LogP contribution in [0, 0.1) is 5.92 Å². The predicted molar refractivity (Wildman–Crippen MR) is 403 cm³/mol.